The van der Waals surface area contributed by atoms with Crippen molar-refractivity contribution in [3.63, 3.8) is 0 Å². The van der Waals surface area contributed by atoms with Gasteiger partial charge >= 0.3 is 0 Å². The molecule has 0 radical (unpaired) electrons. The van der Waals surface area contributed by atoms with Crippen molar-refractivity contribution in [1.29, 1.82) is 0 Å². The summed E-state index contributed by atoms with van der Waals surface area (Å²) in [5.74, 6) is 0.313. The van der Waals surface area contributed by atoms with E-state index < -0.39 is 0 Å². The van der Waals surface area contributed by atoms with Crippen molar-refractivity contribution < 1.29 is 4.79 Å². The van der Waals surface area contributed by atoms with Crippen molar-refractivity contribution in [2.24, 2.45) is 0 Å². The van der Waals surface area contributed by atoms with Crippen LogP contribution in [0.1, 0.15) is 24.4 Å². The molecule has 1 amide bonds. The zero-order chi connectivity index (χ0) is 22.0. The van der Waals surface area contributed by atoms with E-state index in [-0.39, 0.29) is 17.7 Å². The Bertz CT molecular complexity index is 1200. The maximum Gasteiger partial charge on any atom is 0.237 e. The monoisotopic (exact) mass is 448 g/mol. The molecule has 0 saturated carbocycles. The number of nitrogens with zero attached hydrogens (tertiary/aromatic N) is 4. The summed E-state index contributed by atoms with van der Waals surface area (Å²) in [5, 5.41) is 10.6. The number of aryl methyl sites for hydroxylation is 2. The van der Waals surface area contributed by atoms with Gasteiger partial charge in [-0.25, -0.2) is 4.98 Å². The largest absolute Gasteiger partial charge is 0.309 e. The number of hydrogen-bond acceptors (Lipinski definition) is 6. The number of hydrogen-bond donors (Lipinski definition) is 0. The minimum absolute atomic E-state index is 0.0377. The van der Waals surface area contributed by atoms with E-state index in [0.717, 1.165) is 32.2 Å². The third kappa shape index (κ3) is 4.62. The van der Waals surface area contributed by atoms with Crippen LogP contribution in [0.3, 0.4) is 0 Å². The number of anilines is 1. The molecule has 2 aromatic heterocycles. The molecule has 0 bridgehead atoms. The highest BCUT2D eigenvalue weighted by atomic mass is 32.2. The molecule has 0 aliphatic rings. The zero-order valence-corrected chi connectivity index (χ0v) is 19.6. The number of carbonyl (C=O) groups excluding carboxylic acids is 1. The van der Waals surface area contributed by atoms with Crippen LogP contribution in [0.2, 0.25) is 0 Å². The van der Waals surface area contributed by atoms with Crippen LogP contribution in [0.4, 0.5) is 5.69 Å². The van der Waals surface area contributed by atoms with Gasteiger partial charge in [-0.2, -0.15) is 0 Å². The fraction of sp³-hybridized carbons (Fsp3) is 0.250. The average molecular weight is 449 g/mol. The molecule has 4 aromatic rings. The Labute approximate surface area is 190 Å². The molecular formula is C24H24N4OS2. The Morgan fingerprint density at radius 2 is 1.74 bits per heavy atom. The topological polar surface area (TPSA) is 59.0 Å². The molecule has 5 nitrogen and oxygen atoms in total. The summed E-state index contributed by atoms with van der Waals surface area (Å²) < 4.78 is 1.01. The number of fused-ring (bicyclic) bond motifs is 1. The maximum atomic E-state index is 13.1. The van der Waals surface area contributed by atoms with Crippen molar-refractivity contribution in [3.8, 4) is 11.3 Å². The fourth-order valence-corrected chi connectivity index (χ4v) is 5.21. The van der Waals surface area contributed by atoms with Crippen molar-refractivity contribution in [3.05, 3.63) is 65.2 Å². The number of aromatic nitrogens is 3. The molecule has 0 unspecified atom stereocenters. The minimum atomic E-state index is 0.0377. The van der Waals surface area contributed by atoms with Crippen LogP contribution in [0.5, 0.6) is 0 Å². The molecule has 0 aliphatic carbocycles. The number of thiazole rings is 1. The average Bonchev–Trinajstić information content (AvgIpc) is 3.15. The Hall–Kier alpha value is -2.77. The van der Waals surface area contributed by atoms with E-state index in [4.69, 9.17) is 4.98 Å². The van der Waals surface area contributed by atoms with E-state index in [1.807, 2.05) is 56.0 Å². The molecule has 31 heavy (non-hydrogen) atoms. The minimum Gasteiger partial charge on any atom is -0.309 e. The molecule has 2 heterocycles. The third-order valence-electron chi connectivity index (χ3n) is 4.87. The lowest BCUT2D eigenvalue weighted by Crippen LogP contribution is -2.38. The molecule has 2 aromatic carbocycles. The number of benzene rings is 2. The summed E-state index contributed by atoms with van der Waals surface area (Å²) in [5.41, 5.74) is 4.78. The molecular weight excluding hydrogens is 424 g/mol. The Balaban J connectivity index is 1.61. The number of rotatable bonds is 6. The third-order valence-corrected chi connectivity index (χ3v) is 6.79. The highest BCUT2D eigenvalue weighted by Crippen LogP contribution is 2.35. The number of para-hydroxylation sites is 1. The van der Waals surface area contributed by atoms with E-state index in [0.29, 0.717) is 5.03 Å². The van der Waals surface area contributed by atoms with Gasteiger partial charge in [0.1, 0.15) is 16.2 Å². The Morgan fingerprint density at radius 1 is 1.03 bits per heavy atom. The van der Waals surface area contributed by atoms with Gasteiger partial charge in [0.25, 0.3) is 0 Å². The van der Waals surface area contributed by atoms with E-state index in [2.05, 4.69) is 41.4 Å². The smallest absolute Gasteiger partial charge is 0.237 e. The summed E-state index contributed by atoms with van der Waals surface area (Å²) >= 11 is 3.01. The van der Waals surface area contributed by atoms with Crippen LogP contribution < -0.4 is 4.90 Å². The Kier molecular flexibility index (Phi) is 6.34. The van der Waals surface area contributed by atoms with Crippen molar-refractivity contribution in [1.82, 2.24) is 15.2 Å². The van der Waals surface area contributed by atoms with Crippen LogP contribution >= 0.6 is 23.1 Å². The van der Waals surface area contributed by atoms with Crippen LogP contribution in [0, 0.1) is 13.8 Å². The summed E-state index contributed by atoms with van der Waals surface area (Å²) in [6.07, 6.45) is 0. The molecule has 0 atom stereocenters. The van der Waals surface area contributed by atoms with Gasteiger partial charge in [0.15, 0.2) is 0 Å². The molecule has 0 aliphatic heterocycles. The zero-order valence-electron chi connectivity index (χ0n) is 18.0. The van der Waals surface area contributed by atoms with Gasteiger partial charge in [-0.3, -0.25) is 4.79 Å². The van der Waals surface area contributed by atoms with Crippen LogP contribution in [-0.2, 0) is 4.79 Å². The lowest BCUT2D eigenvalue weighted by atomic mass is 10.1. The first-order valence-electron chi connectivity index (χ1n) is 10.1. The number of carbonyl (C=O) groups is 1. The van der Waals surface area contributed by atoms with Gasteiger partial charge in [0.05, 0.1) is 15.5 Å². The summed E-state index contributed by atoms with van der Waals surface area (Å²) in [7, 11) is 0. The van der Waals surface area contributed by atoms with Crippen LogP contribution in [0.15, 0.2) is 59.6 Å². The van der Waals surface area contributed by atoms with E-state index in [9.17, 15) is 4.79 Å². The first kappa shape index (κ1) is 21.5. The molecule has 7 heteroatoms. The predicted molar refractivity (Wildman–Crippen MR) is 130 cm³/mol. The van der Waals surface area contributed by atoms with Crippen LogP contribution in [0.25, 0.3) is 21.5 Å². The van der Waals surface area contributed by atoms with E-state index in [1.54, 1.807) is 11.3 Å². The maximum absolute atomic E-state index is 13.1. The van der Waals surface area contributed by atoms with Gasteiger partial charge in [-0.15, -0.1) is 21.5 Å². The van der Waals surface area contributed by atoms with Gasteiger partial charge in [-0.05, 0) is 39.8 Å². The van der Waals surface area contributed by atoms with Gasteiger partial charge < -0.3 is 4.90 Å². The van der Waals surface area contributed by atoms with Gasteiger partial charge in [-0.1, -0.05) is 59.8 Å². The highest BCUT2D eigenvalue weighted by molar-refractivity contribution is 8.00. The molecule has 0 N–H and O–H groups in total. The van der Waals surface area contributed by atoms with Crippen molar-refractivity contribution in [2.45, 2.75) is 38.8 Å². The number of amides is 1. The van der Waals surface area contributed by atoms with Crippen molar-refractivity contribution in [2.75, 3.05) is 10.7 Å². The lowest BCUT2D eigenvalue weighted by molar-refractivity contribution is -0.116. The SMILES string of the molecule is Cc1ccc(-c2nnc(SCC(=O)N(c3ccccc3)C(C)C)c3nc(C)sc23)cc1. The Morgan fingerprint density at radius 3 is 2.42 bits per heavy atom. The normalized spacial score (nSPS) is 11.3. The summed E-state index contributed by atoms with van der Waals surface area (Å²) in [4.78, 5) is 19.6. The molecule has 4 rings (SSSR count). The standard InChI is InChI=1S/C24H24N4OS2/c1-15(2)28(19-8-6-5-7-9-19)20(29)14-30-24-22-23(31-17(4)25-22)21(26-27-24)18-12-10-16(3)11-13-18/h5-13,15H,14H2,1-4H3. The van der Waals surface area contributed by atoms with E-state index >= 15 is 0 Å². The second kappa shape index (κ2) is 9.16. The first-order chi connectivity index (χ1) is 14.9. The highest BCUT2D eigenvalue weighted by Gasteiger charge is 2.21. The summed E-state index contributed by atoms with van der Waals surface area (Å²) in [6.45, 7) is 8.09. The van der Waals surface area contributed by atoms with Crippen molar-refractivity contribution >= 4 is 44.9 Å². The fourth-order valence-electron chi connectivity index (χ4n) is 3.44. The number of thioether (sulfide) groups is 1. The molecule has 0 spiro atoms. The van der Waals surface area contributed by atoms with E-state index in [1.165, 1.54) is 17.3 Å². The lowest BCUT2D eigenvalue weighted by Gasteiger charge is -2.26. The predicted octanol–water partition coefficient (Wildman–Crippen LogP) is 5.90. The van der Waals surface area contributed by atoms with Crippen LogP contribution in [-0.4, -0.2) is 32.9 Å². The van der Waals surface area contributed by atoms with Gasteiger partial charge in [0.2, 0.25) is 5.91 Å². The molecule has 0 saturated heterocycles. The van der Waals surface area contributed by atoms with Gasteiger partial charge in [0, 0.05) is 17.3 Å². The second-order valence-corrected chi connectivity index (χ2v) is 9.78. The molecule has 0 fully saturated rings. The quantitative estimate of drug-likeness (QED) is 0.344. The molecule has 158 valence electrons. The summed E-state index contributed by atoms with van der Waals surface area (Å²) in [6, 6.07) is 18.1. The second-order valence-electron chi connectivity index (χ2n) is 7.61. The first-order valence-corrected chi connectivity index (χ1v) is 11.9.